The zero-order valence-electron chi connectivity index (χ0n) is 35.1. The second kappa shape index (κ2) is 17.3. The molecule has 4 rings (SSSR count). The summed E-state index contributed by atoms with van der Waals surface area (Å²) in [6.45, 7) is 23.1. The molecule has 4 saturated heterocycles. The number of ether oxygens (including phenoxy) is 8. The van der Waals surface area contributed by atoms with Crippen molar-refractivity contribution < 1.29 is 58.0 Å². The second-order valence-electron chi connectivity index (χ2n) is 18.0. The van der Waals surface area contributed by atoms with E-state index in [1.165, 1.54) is 0 Å². The molecule has 53 heavy (non-hydrogen) atoms. The van der Waals surface area contributed by atoms with Gasteiger partial charge in [-0.05, 0) is 87.2 Å². The Bertz CT molecular complexity index is 1200. The van der Waals surface area contributed by atoms with Crippen molar-refractivity contribution in [3.05, 3.63) is 0 Å². The van der Waals surface area contributed by atoms with Crippen LogP contribution in [0, 0.1) is 29.6 Å². The number of carbonyl (C=O) groups excluding carboxylic acids is 1. The van der Waals surface area contributed by atoms with Crippen LogP contribution in [0.5, 0.6) is 0 Å². The lowest BCUT2D eigenvalue weighted by Crippen LogP contribution is -2.64. The van der Waals surface area contributed by atoms with Crippen LogP contribution in [-0.2, 0) is 37.9 Å². The first kappa shape index (κ1) is 44.7. The van der Waals surface area contributed by atoms with Gasteiger partial charge in [-0.15, -0.1) is 0 Å². The van der Waals surface area contributed by atoms with Gasteiger partial charge in [-0.25, -0.2) is 0 Å². The van der Waals surface area contributed by atoms with Gasteiger partial charge in [0, 0.05) is 37.8 Å². The minimum absolute atomic E-state index is 0.00228. The monoisotopic (exact) mass is 761 g/mol. The standard InChI is InChI=1S/C40H73NO12/c1-16-28-40(12,45)35-24(6)32(52-38(9,10)53-35)21(3)17-20(2)31(51-37-30(42)27(41(13)14)18-22(4)47-37)23(5)33(25(7)36(44)49-28)50-29-19-39(11,46-15)34(43)26(8)48-29/h20-35,37,42-43,45H,16-19H2,1-15H3/p+1/t20?,21-,22?,23?,24+,25?,26?,27?,28?,29+,30-,31+,32+,33?,34+,35-,37?,39-,40-/m1/s1. The van der Waals surface area contributed by atoms with Gasteiger partial charge in [-0.3, -0.25) is 0 Å². The molecular formula is C40H74NO12+. The lowest BCUT2D eigenvalue weighted by molar-refractivity contribution is -0.358. The van der Waals surface area contributed by atoms with E-state index < -0.39 is 84.1 Å². The summed E-state index contributed by atoms with van der Waals surface area (Å²) in [5, 5.41) is 34.9. The average Bonchev–Trinajstić information content (AvgIpc) is 3.07. The third-order valence-electron chi connectivity index (χ3n) is 12.8. The van der Waals surface area contributed by atoms with Crippen molar-refractivity contribution in [1.29, 1.82) is 0 Å². The molecule has 2 bridgehead atoms. The number of aliphatic hydroxyl groups is 3. The van der Waals surface area contributed by atoms with Crippen molar-refractivity contribution in [2.75, 3.05) is 21.2 Å². The molecule has 0 aromatic rings. The number of hydrogen-bond donors (Lipinski definition) is 3. The lowest BCUT2D eigenvalue weighted by Gasteiger charge is -2.52. The summed E-state index contributed by atoms with van der Waals surface area (Å²) in [6.07, 6.45) is -5.42. The molecule has 19 atom stereocenters. The molecule has 0 amide bonds. The van der Waals surface area contributed by atoms with Gasteiger partial charge in [0.15, 0.2) is 24.0 Å². The summed E-state index contributed by atoms with van der Waals surface area (Å²) in [5.41, 5.74) is -2.44. The largest absolute Gasteiger partial charge is 0.488 e. The van der Waals surface area contributed by atoms with Crippen molar-refractivity contribution in [3.63, 3.8) is 0 Å². The number of fused-ring (bicyclic) bond motifs is 2. The number of aliphatic hydroxyl groups excluding tert-OH is 2. The third kappa shape index (κ3) is 9.60. The van der Waals surface area contributed by atoms with Crippen LogP contribution < -0.4 is 0 Å². The molecule has 13 nitrogen and oxygen atoms in total. The van der Waals surface area contributed by atoms with Crippen LogP contribution in [0.2, 0.25) is 0 Å². The highest BCUT2D eigenvalue weighted by atomic mass is 16.7. The van der Waals surface area contributed by atoms with Gasteiger partial charge in [0.1, 0.15) is 24.2 Å². The topological polar surface area (TPSA) is 159 Å². The molecule has 0 radical (unpaired) electrons. The second-order valence-corrected chi connectivity index (χ2v) is 18.0. The van der Waals surface area contributed by atoms with E-state index in [4.69, 9.17) is 37.9 Å². The number of methoxy groups -OCH3 is 1. The van der Waals surface area contributed by atoms with Gasteiger partial charge >= 0.3 is 5.97 Å². The molecule has 310 valence electrons. The van der Waals surface area contributed by atoms with Gasteiger partial charge in [0.25, 0.3) is 0 Å². The molecule has 4 heterocycles. The molecule has 0 saturated carbocycles. The molecule has 4 aliphatic rings. The molecule has 13 heteroatoms. The van der Waals surface area contributed by atoms with E-state index in [1.807, 2.05) is 74.4 Å². The summed E-state index contributed by atoms with van der Waals surface area (Å²) in [6, 6.07) is -0.173. The van der Waals surface area contributed by atoms with Crippen molar-refractivity contribution in [2.24, 2.45) is 29.6 Å². The van der Waals surface area contributed by atoms with Gasteiger partial charge in [0.2, 0.25) is 6.10 Å². The minimum Gasteiger partial charge on any atom is -0.387 e. The Labute approximate surface area is 318 Å². The zero-order chi connectivity index (χ0) is 40.0. The molecule has 9 unspecified atom stereocenters. The highest BCUT2D eigenvalue weighted by Gasteiger charge is 2.57. The van der Waals surface area contributed by atoms with Crippen LogP contribution in [0.3, 0.4) is 0 Å². The summed E-state index contributed by atoms with van der Waals surface area (Å²) in [4.78, 5) is 13.9. The van der Waals surface area contributed by atoms with E-state index in [2.05, 4.69) is 13.8 Å². The van der Waals surface area contributed by atoms with E-state index in [9.17, 15) is 20.1 Å². The fraction of sp³-hybridized carbons (Fsp3) is 0.975. The fourth-order valence-electron chi connectivity index (χ4n) is 9.62. The number of likely N-dealkylation sites (N-methyl/N-ethyl adjacent to an activating group) is 1. The van der Waals surface area contributed by atoms with Crippen LogP contribution in [0.25, 0.3) is 0 Å². The van der Waals surface area contributed by atoms with Crippen LogP contribution in [-0.4, -0.2) is 143 Å². The van der Waals surface area contributed by atoms with Gasteiger partial charge < -0.3 is 62.9 Å². The SMILES string of the molecule is CCC1OC(=[OH+])C(C)C(O[C@H]2C[C@@](C)(OC)[C@@H](O)C(C)O2)C(C)[C@@H](OC2OC(C)CC(N(C)C)[C@H]2O)C(C)C[C@@H](C)[C@@H]2OC(C)(C)O[C@H]([C@H]2C)[C@]1(C)O. The van der Waals surface area contributed by atoms with E-state index in [0.29, 0.717) is 19.3 Å². The predicted molar refractivity (Wildman–Crippen MR) is 200 cm³/mol. The minimum atomic E-state index is -1.50. The summed E-state index contributed by atoms with van der Waals surface area (Å²) < 4.78 is 51.6. The van der Waals surface area contributed by atoms with Gasteiger partial charge in [-0.1, -0.05) is 34.6 Å². The lowest BCUT2D eigenvalue weighted by atomic mass is 9.74. The smallest absolute Gasteiger partial charge is 0.387 e. The number of cyclic esters (lactones) is 1. The van der Waals surface area contributed by atoms with E-state index in [-0.39, 0.29) is 48.4 Å². The van der Waals surface area contributed by atoms with Crippen molar-refractivity contribution >= 4 is 5.97 Å². The number of rotatable bonds is 7. The molecule has 4 N–H and O–H groups in total. The Morgan fingerprint density at radius 1 is 0.868 bits per heavy atom. The van der Waals surface area contributed by atoms with E-state index in [1.54, 1.807) is 21.0 Å². The average molecular weight is 761 g/mol. The molecule has 0 aromatic heterocycles. The summed E-state index contributed by atoms with van der Waals surface area (Å²) >= 11 is 0. The fourth-order valence-corrected chi connectivity index (χ4v) is 9.62. The van der Waals surface area contributed by atoms with Gasteiger partial charge in [0.05, 0.1) is 36.1 Å². The first-order valence-electron chi connectivity index (χ1n) is 20.0. The van der Waals surface area contributed by atoms with Crippen molar-refractivity contribution in [2.45, 2.75) is 199 Å². The quantitative estimate of drug-likeness (QED) is 0.251. The Hall–Kier alpha value is -0.970. The summed E-state index contributed by atoms with van der Waals surface area (Å²) in [5.74, 6) is -2.81. The van der Waals surface area contributed by atoms with Crippen LogP contribution in [0.4, 0.5) is 0 Å². The number of hydrogen-bond acceptors (Lipinski definition) is 12. The Kier molecular flexibility index (Phi) is 14.6. The van der Waals surface area contributed by atoms with Crippen molar-refractivity contribution in [1.82, 2.24) is 4.90 Å². The normalized spacial score (nSPS) is 50.3. The highest BCUT2D eigenvalue weighted by Crippen LogP contribution is 2.44. The molecule has 0 aromatic carbocycles. The highest BCUT2D eigenvalue weighted by molar-refractivity contribution is 5.74. The molecular weight excluding hydrogens is 686 g/mol. The zero-order valence-corrected chi connectivity index (χ0v) is 35.1. The molecule has 0 spiro atoms. The third-order valence-corrected chi connectivity index (χ3v) is 12.8. The Balaban J connectivity index is 1.82. The number of nitrogens with zero attached hydrogens (tertiary/aromatic N) is 1. The summed E-state index contributed by atoms with van der Waals surface area (Å²) in [7, 11) is 5.45. The van der Waals surface area contributed by atoms with Crippen molar-refractivity contribution in [3.8, 4) is 0 Å². The Morgan fingerprint density at radius 3 is 2.09 bits per heavy atom. The van der Waals surface area contributed by atoms with Gasteiger partial charge in [-0.2, -0.15) is 0 Å². The van der Waals surface area contributed by atoms with E-state index in [0.717, 1.165) is 0 Å². The molecule has 0 aliphatic carbocycles. The Morgan fingerprint density at radius 2 is 1.51 bits per heavy atom. The first-order chi connectivity index (χ1) is 24.5. The molecule has 4 aliphatic heterocycles. The van der Waals surface area contributed by atoms with E-state index >= 15 is 0 Å². The van der Waals surface area contributed by atoms with Crippen LogP contribution in [0.1, 0.15) is 109 Å². The maximum absolute atomic E-state index is 12.3. The van der Waals surface area contributed by atoms with Crippen LogP contribution >= 0.6 is 0 Å². The number of esters is 1. The first-order valence-corrected chi connectivity index (χ1v) is 20.0. The maximum Gasteiger partial charge on any atom is 0.488 e. The predicted octanol–water partition coefficient (Wildman–Crippen LogP) is 4.24. The van der Waals surface area contributed by atoms with Crippen LogP contribution in [0.15, 0.2) is 0 Å². The molecule has 4 fully saturated rings. The maximum atomic E-state index is 12.3.